The molecule has 2 amide bonds. The molecule has 3 N–H and O–H groups in total. The van der Waals surface area contributed by atoms with Gasteiger partial charge in [-0.2, -0.15) is 0 Å². The van der Waals surface area contributed by atoms with Gasteiger partial charge in [0.1, 0.15) is 6.61 Å². The molecule has 4 rings (SSSR count). The number of alkyl carbamates (subject to hydrolysis) is 1. The van der Waals surface area contributed by atoms with Crippen molar-refractivity contribution in [1.82, 2.24) is 10.6 Å². The first kappa shape index (κ1) is 21.9. The number of aliphatic carboxylic acids is 1. The van der Waals surface area contributed by atoms with Gasteiger partial charge < -0.3 is 20.5 Å². The summed E-state index contributed by atoms with van der Waals surface area (Å²) in [6.07, 6.45) is 0.0244. The van der Waals surface area contributed by atoms with Crippen LogP contribution >= 0.6 is 0 Å². The molecule has 1 fully saturated rings. The molecule has 0 aliphatic heterocycles. The maximum atomic E-state index is 12.3. The van der Waals surface area contributed by atoms with Crippen molar-refractivity contribution in [3.05, 3.63) is 59.7 Å². The second-order valence-electron chi connectivity index (χ2n) is 9.25. The molecule has 32 heavy (non-hydrogen) atoms. The van der Waals surface area contributed by atoms with Gasteiger partial charge in [-0.25, -0.2) is 4.79 Å². The van der Waals surface area contributed by atoms with Crippen molar-refractivity contribution in [3.63, 3.8) is 0 Å². The summed E-state index contributed by atoms with van der Waals surface area (Å²) in [5, 5.41) is 14.5. The van der Waals surface area contributed by atoms with Gasteiger partial charge in [-0.15, -0.1) is 0 Å². The highest BCUT2D eigenvalue weighted by Gasteiger charge is 2.44. The van der Waals surface area contributed by atoms with Gasteiger partial charge >= 0.3 is 12.1 Å². The summed E-state index contributed by atoms with van der Waals surface area (Å²) in [6.45, 7) is 3.97. The van der Waals surface area contributed by atoms with Gasteiger partial charge in [-0.3, -0.25) is 9.59 Å². The molecule has 2 aliphatic rings. The number of carboxylic acids is 1. The number of amides is 2. The lowest BCUT2D eigenvalue weighted by Crippen LogP contribution is -2.46. The third-order valence-electron chi connectivity index (χ3n) is 6.17. The predicted molar refractivity (Wildman–Crippen MR) is 119 cm³/mol. The number of rotatable bonds is 8. The quantitative estimate of drug-likeness (QED) is 0.587. The van der Waals surface area contributed by atoms with Crippen molar-refractivity contribution < 1.29 is 24.2 Å². The summed E-state index contributed by atoms with van der Waals surface area (Å²) >= 11 is 0. The van der Waals surface area contributed by atoms with E-state index in [1.165, 1.54) is 11.1 Å². The van der Waals surface area contributed by atoms with Gasteiger partial charge in [0.2, 0.25) is 5.91 Å². The van der Waals surface area contributed by atoms with E-state index in [0.29, 0.717) is 13.0 Å². The Hall–Kier alpha value is -3.35. The standard InChI is InChI=1S/C25H28N2O5/c1-25(2,12-22(28)29)27-23(30)20-11-15(20)13-26-24(31)32-14-21-18-9-5-3-7-16(18)17-8-4-6-10-19(17)21/h3-10,15,20-21H,11-14H2,1-2H3,(H,26,31)(H,27,30)(H,28,29)/t15-,20-/m0/s1. The highest BCUT2D eigenvalue weighted by Crippen LogP contribution is 2.44. The Bertz CT molecular complexity index is 1000. The third kappa shape index (κ3) is 4.77. The van der Waals surface area contributed by atoms with Crippen molar-refractivity contribution in [2.75, 3.05) is 13.2 Å². The molecule has 0 unspecified atom stereocenters. The predicted octanol–water partition coefficient (Wildman–Crippen LogP) is 3.53. The fourth-order valence-electron chi connectivity index (χ4n) is 4.51. The average Bonchev–Trinajstić information content (AvgIpc) is 3.45. The smallest absolute Gasteiger partial charge is 0.407 e. The fraction of sp³-hybridized carbons (Fsp3) is 0.400. The summed E-state index contributed by atoms with van der Waals surface area (Å²) in [6, 6.07) is 16.3. The molecule has 2 aliphatic carbocycles. The summed E-state index contributed by atoms with van der Waals surface area (Å²) in [4.78, 5) is 35.5. The second kappa shape index (κ2) is 8.65. The normalized spacial score (nSPS) is 18.9. The van der Waals surface area contributed by atoms with Crippen LogP contribution in [0.25, 0.3) is 11.1 Å². The highest BCUT2D eigenvalue weighted by atomic mass is 16.5. The van der Waals surface area contributed by atoms with Crippen LogP contribution in [0.5, 0.6) is 0 Å². The Labute approximate surface area is 187 Å². The Morgan fingerprint density at radius 3 is 2.22 bits per heavy atom. The SMILES string of the molecule is CC(C)(CC(=O)O)NC(=O)[C@H]1C[C@H]1CNC(=O)OCC1c2ccccc2-c2ccccc21. The van der Waals surface area contributed by atoms with Crippen LogP contribution in [-0.4, -0.2) is 41.8 Å². The molecule has 0 bridgehead atoms. The number of nitrogens with one attached hydrogen (secondary N) is 2. The lowest BCUT2D eigenvalue weighted by atomic mass is 9.98. The van der Waals surface area contributed by atoms with Crippen LogP contribution in [0.1, 0.15) is 43.7 Å². The molecule has 0 saturated heterocycles. The number of ether oxygens (including phenoxy) is 1. The highest BCUT2D eigenvalue weighted by molar-refractivity contribution is 5.83. The van der Waals surface area contributed by atoms with Crippen LogP contribution in [0, 0.1) is 11.8 Å². The maximum absolute atomic E-state index is 12.3. The summed E-state index contributed by atoms with van der Waals surface area (Å²) in [5.41, 5.74) is 3.86. The Morgan fingerprint density at radius 2 is 1.62 bits per heavy atom. The van der Waals surface area contributed by atoms with Crippen molar-refractivity contribution >= 4 is 18.0 Å². The van der Waals surface area contributed by atoms with E-state index >= 15 is 0 Å². The zero-order chi connectivity index (χ0) is 22.9. The van der Waals surface area contributed by atoms with Crippen LogP contribution in [0.4, 0.5) is 4.79 Å². The molecule has 168 valence electrons. The Balaban J connectivity index is 1.25. The molecular weight excluding hydrogens is 408 g/mol. The van der Waals surface area contributed by atoms with Crippen molar-refractivity contribution in [3.8, 4) is 11.1 Å². The molecule has 0 aromatic heterocycles. The summed E-state index contributed by atoms with van der Waals surface area (Å²) in [5.74, 6) is -1.30. The van der Waals surface area contributed by atoms with Crippen LogP contribution in [0.15, 0.2) is 48.5 Å². The van der Waals surface area contributed by atoms with Crippen molar-refractivity contribution in [1.29, 1.82) is 0 Å². The maximum Gasteiger partial charge on any atom is 0.407 e. The van der Waals surface area contributed by atoms with Gasteiger partial charge in [0, 0.05) is 23.9 Å². The fourth-order valence-corrected chi connectivity index (χ4v) is 4.51. The molecule has 2 atom stereocenters. The number of carbonyl (C=O) groups is 3. The van der Waals surface area contributed by atoms with E-state index in [1.807, 2.05) is 24.3 Å². The number of benzene rings is 2. The summed E-state index contributed by atoms with van der Waals surface area (Å²) < 4.78 is 5.52. The van der Waals surface area contributed by atoms with Gasteiger partial charge in [0.05, 0.1) is 6.42 Å². The zero-order valence-electron chi connectivity index (χ0n) is 18.3. The zero-order valence-corrected chi connectivity index (χ0v) is 18.3. The molecule has 0 heterocycles. The van der Waals surface area contributed by atoms with E-state index in [2.05, 4.69) is 34.9 Å². The van der Waals surface area contributed by atoms with Crippen molar-refractivity contribution in [2.45, 2.75) is 38.1 Å². The molecule has 7 nitrogen and oxygen atoms in total. The first-order chi connectivity index (χ1) is 15.2. The van der Waals surface area contributed by atoms with Gasteiger partial charge in [0.15, 0.2) is 0 Å². The molecule has 2 aromatic rings. The number of hydrogen-bond acceptors (Lipinski definition) is 4. The van der Waals surface area contributed by atoms with Crippen LogP contribution in [-0.2, 0) is 14.3 Å². The number of carboxylic acid groups (broad SMARTS) is 1. The van der Waals surface area contributed by atoms with E-state index < -0.39 is 17.6 Å². The topological polar surface area (TPSA) is 105 Å². The van der Waals surface area contributed by atoms with Crippen molar-refractivity contribution in [2.24, 2.45) is 11.8 Å². The van der Waals surface area contributed by atoms with E-state index in [4.69, 9.17) is 9.84 Å². The minimum atomic E-state index is -0.959. The largest absolute Gasteiger partial charge is 0.481 e. The number of hydrogen-bond donors (Lipinski definition) is 3. The lowest BCUT2D eigenvalue weighted by Gasteiger charge is -2.24. The Kier molecular flexibility index (Phi) is 5.91. The first-order valence-corrected chi connectivity index (χ1v) is 10.9. The molecule has 2 aromatic carbocycles. The van der Waals surface area contributed by atoms with E-state index in [0.717, 1.165) is 11.1 Å². The van der Waals surface area contributed by atoms with Crippen LogP contribution < -0.4 is 10.6 Å². The molecule has 0 radical (unpaired) electrons. The minimum absolute atomic E-state index is 0.00377. The van der Waals surface area contributed by atoms with Gasteiger partial charge in [-0.05, 0) is 48.4 Å². The monoisotopic (exact) mass is 436 g/mol. The van der Waals surface area contributed by atoms with Gasteiger partial charge in [-0.1, -0.05) is 48.5 Å². The molecule has 7 heteroatoms. The van der Waals surface area contributed by atoms with E-state index in [1.54, 1.807) is 13.8 Å². The first-order valence-electron chi connectivity index (χ1n) is 10.9. The van der Waals surface area contributed by atoms with Crippen LogP contribution in [0.2, 0.25) is 0 Å². The second-order valence-corrected chi connectivity index (χ2v) is 9.25. The average molecular weight is 437 g/mol. The Morgan fingerprint density at radius 1 is 1.03 bits per heavy atom. The lowest BCUT2D eigenvalue weighted by molar-refractivity contribution is -0.138. The number of fused-ring (bicyclic) bond motifs is 3. The third-order valence-corrected chi connectivity index (χ3v) is 6.17. The molecule has 0 spiro atoms. The molecule has 1 saturated carbocycles. The van der Waals surface area contributed by atoms with E-state index in [-0.39, 0.29) is 36.7 Å². The minimum Gasteiger partial charge on any atom is -0.481 e. The number of carbonyl (C=O) groups excluding carboxylic acids is 2. The summed E-state index contributed by atoms with van der Waals surface area (Å²) in [7, 11) is 0. The van der Waals surface area contributed by atoms with Crippen LogP contribution in [0.3, 0.4) is 0 Å². The van der Waals surface area contributed by atoms with Gasteiger partial charge in [0.25, 0.3) is 0 Å². The van der Waals surface area contributed by atoms with E-state index in [9.17, 15) is 14.4 Å². The molecular formula is C25H28N2O5.